The van der Waals surface area contributed by atoms with Gasteiger partial charge in [-0.25, -0.2) is 12.7 Å². The number of aromatic nitrogens is 3. The molecule has 0 aliphatic carbocycles. The highest BCUT2D eigenvalue weighted by Crippen LogP contribution is 2.31. The van der Waals surface area contributed by atoms with Crippen LogP contribution in [0.5, 0.6) is 5.88 Å². The van der Waals surface area contributed by atoms with E-state index in [1.165, 1.54) is 0 Å². The Morgan fingerprint density at radius 3 is 3.00 bits per heavy atom. The molecule has 2 rings (SSSR count). The van der Waals surface area contributed by atoms with Gasteiger partial charge in [-0.15, -0.1) is 0 Å². The zero-order valence-corrected chi connectivity index (χ0v) is 10.0. The van der Waals surface area contributed by atoms with E-state index in [2.05, 4.69) is 9.97 Å². The van der Waals surface area contributed by atoms with E-state index in [-0.39, 0.29) is 5.88 Å². The third-order valence-corrected chi connectivity index (χ3v) is 4.03. The Bertz CT molecular complexity index is 400. The first kappa shape index (κ1) is 8.48. The zero-order chi connectivity index (χ0) is 8.72. The van der Waals surface area contributed by atoms with Gasteiger partial charge in [0.05, 0.1) is 28.4 Å². The van der Waals surface area contributed by atoms with E-state index < -0.39 is 0 Å². The van der Waals surface area contributed by atoms with Crippen LogP contribution >= 0.6 is 45.5 Å². The molecule has 0 saturated heterocycles. The van der Waals surface area contributed by atoms with Gasteiger partial charge in [0.2, 0.25) is 5.88 Å². The van der Waals surface area contributed by atoms with Crippen LogP contribution in [0.2, 0.25) is 0 Å². The average molecular weight is 387 g/mol. The fraction of sp³-hybridized carbons (Fsp3) is 0. The van der Waals surface area contributed by atoms with E-state index in [9.17, 15) is 5.11 Å². The topological polar surface area (TPSA) is 50.9 Å². The molecule has 0 saturated carbocycles. The Kier molecular flexibility index (Phi) is 2.10. The highest BCUT2D eigenvalue weighted by molar-refractivity contribution is 14.1. The van der Waals surface area contributed by atoms with Crippen LogP contribution in [0.3, 0.4) is 0 Å². The molecule has 4 nitrogen and oxygen atoms in total. The van der Waals surface area contributed by atoms with Gasteiger partial charge in [0.25, 0.3) is 0 Å². The predicted molar refractivity (Wildman–Crippen MR) is 60.4 cm³/mol. The van der Waals surface area contributed by atoms with E-state index in [1.54, 1.807) is 15.0 Å². The van der Waals surface area contributed by atoms with E-state index in [4.69, 9.17) is 0 Å². The quantitative estimate of drug-likeness (QED) is 0.555. The van der Waals surface area contributed by atoms with Gasteiger partial charge in [-0.3, -0.25) is 0 Å². The number of fused-ring (bicyclic) bond motifs is 1. The molecular formula is C6H3I2N3O. The first-order valence-corrected chi connectivity index (χ1v) is 5.12. The van der Waals surface area contributed by atoms with Crippen LogP contribution in [-0.4, -0.2) is 17.9 Å². The minimum Gasteiger partial charge on any atom is -0.493 e. The summed E-state index contributed by atoms with van der Waals surface area (Å²) in [6.07, 6.45) is 1.63. The van der Waals surface area contributed by atoms with E-state index >= 15 is 0 Å². The maximum Gasteiger partial charge on any atom is 0.213 e. The smallest absolute Gasteiger partial charge is 0.213 e. The second-order valence-corrected chi connectivity index (χ2v) is 4.10. The second-order valence-electron chi connectivity index (χ2n) is 2.17. The minimum absolute atomic E-state index is 0.197. The number of hydrogen-bond acceptors (Lipinski definition) is 3. The van der Waals surface area contributed by atoms with Gasteiger partial charge in [0.1, 0.15) is 0 Å². The molecule has 0 unspecified atom stereocenters. The molecule has 0 atom stereocenters. The first-order chi connectivity index (χ1) is 5.70. The van der Waals surface area contributed by atoms with Gasteiger partial charge in [-0.05, 0) is 6.07 Å². The van der Waals surface area contributed by atoms with Crippen molar-refractivity contribution >= 4 is 45.5 Å². The summed E-state index contributed by atoms with van der Waals surface area (Å²) in [6, 6.07) is 1.74. The lowest BCUT2D eigenvalue weighted by Crippen LogP contribution is -1.98. The number of nitrogens with zero attached hydrogens (tertiary/aromatic N) is 3. The Morgan fingerprint density at radius 2 is 2.25 bits per heavy atom. The third-order valence-electron chi connectivity index (χ3n) is 1.47. The standard InChI is InChI=1S/C6H3I2N3O/c7-6-10-4-3(1-2-9-4)5(12)11(6)8/h1-2,12H. The maximum atomic E-state index is 9.60. The number of aromatic hydroxyl groups is 1. The van der Waals surface area contributed by atoms with Crippen LogP contribution in [0.4, 0.5) is 0 Å². The van der Waals surface area contributed by atoms with Gasteiger partial charge >= 0.3 is 0 Å². The van der Waals surface area contributed by atoms with Crippen molar-refractivity contribution in [1.29, 1.82) is 0 Å². The van der Waals surface area contributed by atoms with Gasteiger partial charge in [-0.2, -0.15) is 0 Å². The van der Waals surface area contributed by atoms with Crippen molar-refractivity contribution in [1.82, 2.24) is 12.7 Å². The van der Waals surface area contributed by atoms with Crippen LogP contribution in [0, 0.1) is 3.83 Å². The molecule has 62 valence electrons. The summed E-state index contributed by atoms with van der Waals surface area (Å²) in [5.41, 5.74) is 0.685. The number of rotatable bonds is 0. The molecule has 6 heteroatoms. The maximum absolute atomic E-state index is 9.60. The lowest BCUT2D eigenvalue weighted by molar-refractivity contribution is 0.449. The van der Waals surface area contributed by atoms with Crippen LogP contribution in [0.25, 0.3) is 11.4 Å². The van der Waals surface area contributed by atoms with Crippen molar-refractivity contribution in [2.75, 3.05) is 0 Å². The van der Waals surface area contributed by atoms with Crippen molar-refractivity contribution in [3.63, 3.8) is 0 Å². The van der Waals surface area contributed by atoms with Gasteiger partial charge in [0.15, 0.2) is 9.66 Å². The number of halogens is 2. The van der Waals surface area contributed by atoms with E-state index in [1.807, 2.05) is 45.5 Å². The Balaban J connectivity index is 2.85. The van der Waals surface area contributed by atoms with Crippen LogP contribution in [0.15, 0.2) is 12.3 Å². The molecule has 2 aliphatic rings. The molecular weight excluding hydrogens is 384 g/mol. The highest BCUT2D eigenvalue weighted by Gasteiger charge is 2.15. The summed E-state index contributed by atoms with van der Waals surface area (Å²) >= 11 is 4.02. The monoisotopic (exact) mass is 387 g/mol. The Morgan fingerprint density at radius 1 is 1.50 bits per heavy atom. The molecule has 0 aromatic heterocycles. The summed E-state index contributed by atoms with van der Waals surface area (Å²) in [5, 5.41) is 9.60. The molecule has 1 N–H and O–H groups in total. The second kappa shape index (κ2) is 2.98. The van der Waals surface area contributed by atoms with E-state index in [0.717, 1.165) is 0 Å². The first-order valence-electron chi connectivity index (χ1n) is 3.08. The van der Waals surface area contributed by atoms with Crippen molar-refractivity contribution < 1.29 is 5.11 Å². The van der Waals surface area contributed by atoms with Gasteiger partial charge in [0, 0.05) is 28.8 Å². The predicted octanol–water partition coefficient (Wildman–Crippen LogP) is 1.89. The largest absolute Gasteiger partial charge is 0.493 e. The van der Waals surface area contributed by atoms with Crippen molar-refractivity contribution in [2.24, 2.45) is 0 Å². The van der Waals surface area contributed by atoms with Crippen LogP contribution in [0.1, 0.15) is 0 Å². The van der Waals surface area contributed by atoms with Crippen molar-refractivity contribution in [2.45, 2.75) is 0 Å². The zero-order valence-electron chi connectivity index (χ0n) is 5.70. The molecule has 2 heterocycles. The molecule has 0 fully saturated rings. The SMILES string of the molecule is Oc1c2ccnc-2nc(I)n1I. The molecule has 2 aliphatic heterocycles. The summed E-state index contributed by atoms with van der Waals surface area (Å²) in [4.78, 5) is 8.16. The van der Waals surface area contributed by atoms with Crippen molar-refractivity contribution in [3.8, 4) is 17.3 Å². The summed E-state index contributed by atoms with van der Waals surface area (Å²) < 4.78 is 2.29. The van der Waals surface area contributed by atoms with Crippen LogP contribution < -0.4 is 0 Å². The minimum atomic E-state index is 0.197. The number of hydrogen-bond donors (Lipinski definition) is 1. The normalized spacial score (nSPS) is 10.8. The highest BCUT2D eigenvalue weighted by atomic mass is 127. The van der Waals surface area contributed by atoms with E-state index in [0.29, 0.717) is 15.2 Å². The summed E-state index contributed by atoms with van der Waals surface area (Å²) in [6.45, 7) is 0. The molecule has 0 spiro atoms. The molecule has 0 aromatic rings. The third kappa shape index (κ3) is 1.16. The van der Waals surface area contributed by atoms with Gasteiger partial charge in [-0.1, -0.05) is 0 Å². The Hall–Kier alpha value is -0.120. The van der Waals surface area contributed by atoms with Gasteiger partial charge < -0.3 is 5.11 Å². The van der Waals surface area contributed by atoms with Crippen LogP contribution in [-0.2, 0) is 0 Å². The average Bonchev–Trinajstić information content (AvgIpc) is 2.48. The molecule has 12 heavy (non-hydrogen) atoms. The fourth-order valence-corrected chi connectivity index (χ4v) is 1.74. The van der Waals surface area contributed by atoms with Crippen molar-refractivity contribution in [3.05, 3.63) is 16.1 Å². The molecule has 0 radical (unpaired) electrons. The lowest BCUT2D eigenvalue weighted by Gasteiger charge is -2.06. The lowest BCUT2D eigenvalue weighted by atomic mass is 10.3. The molecule has 0 amide bonds. The molecule has 0 aromatic carbocycles. The summed E-state index contributed by atoms with van der Waals surface area (Å²) in [5.74, 6) is 0.785. The Labute approximate surface area is 96.0 Å². The summed E-state index contributed by atoms with van der Waals surface area (Å²) in [7, 11) is 0. The molecule has 0 bridgehead atoms. The fourth-order valence-electron chi connectivity index (χ4n) is 0.915.